The van der Waals surface area contributed by atoms with E-state index in [0.717, 1.165) is 36.5 Å². The average Bonchev–Trinajstić information content (AvgIpc) is 2.84. The second-order valence-electron chi connectivity index (χ2n) is 4.75. The molecule has 0 saturated carbocycles. The van der Waals surface area contributed by atoms with Crippen LogP contribution in [0.5, 0.6) is 5.88 Å². The standard InChI is InChI=1S/C13H20BrN3O/c1-3-6-18-12-7-10(2)15-13(16-12)17-5-4-11(8-14)9-17/h7,11H,3-6,8-9H2,1-2H3. The molecule has 0 N–H and O–H groups in total. The number of aromatic nitrogens is 2. The van der Waals surface area contributed by atoms with Crippen LogP contribution in [0.15, 0.2) is 6.07 Å². The molecule has 1 aliphatic rings. The molecule has 1 aliphatic heterocycles. The van der Waals surface area contributed by atoms with Crippen LogP contribution in [0.4, 0.5) is 5.95 Å². The summed E-state index contributed by atoms with van der Waals surface area (Å²) in [6.07, 6.45) is 2.20. The van der Waals surface area contributed by atoms with Crippen LogP contribution >= 0.6 is 15.9 Å². The Kier molecular flexibility index (Phi) is 4.80. The smallest absolute Gasteiger partial charge is 0.228 e. The average molecular weight is 314 g/mol. The number of aryl methyl sites for hydroxylation is 1. The number of ether oxygens (including phenoxy) is 1. The third-order valence-corrected chi connectivity index (χ3v) is 3.98. The zero-order chi connectivity index (χ0) is 13.0. The quantitative estimate of drug-likeness (QED) is 0.783. The summed E-state index contributed by atoms with van der Waals surface area (Å²) in [6.45, 7) is 6.85. The van der Waals surface area contributed by atoms with Crippen molar-refractivity contribution in [2.75, 3.05) is 29.9 Å². The highest BCUT2D eigenvalue weighted by Gasteiger charge is 2.24. The molecule has 0 bridgehead atoms. The summed E-state index contributed by atoms with van der Waals surface area (Å²) in [5.74, 6) is 2.21. The molecule has 1 aromatic rings. The first-order valence-electron chi connectivity index (χ1n) is 6.52. The van der Waals surface area contributed by atoms with Crippen molar-refractivity contribution in [1.29, 1.82) is 0 Å². The Balaban J connectivity index is 2.10. The van der Waals surface area contributed by atoms with Gasteiger partial charge in [-0.3, -0.25) is 0 Å². The molecule has 1 atom stereocenters. The topological polar surface area (TPSA) is 38.2 Å². The van der Waals surface area contributed by atoms with E-state index < -0.39 is 0 Å². The molecule has 0 spiro atoms. The Hall–Kier alpha value is -0.840. The van der Waals surface area contributed by atoms with Gasteiger partial charge in [0.05, 0.1) is 6.61 Å². The summed E-state index contributed by atoms with van der Waals surface area (Å²) in [5, 5.41) is 1.05. The lowest BCUT2D eigenvalue weighted by molar-refractivity contribution is 0.304. The fourth-order valence-electron chi connectivity index (χ4n) is 2.09. The lowest BCUT2D eigenvalue weighted by Gasteiger charge is -2.17. The minimum absolute atomic E-state index is 0.696. The van der Waals surface area contributed by atoms with Gasteiger partial charge in [0.1, 0.15) is 0 Å². The zero-order valence-electron chi connectivity index (χ0n) is 11.0. The van der Waals surface area contributed by atoms with E-state index in [-0.39, 0.29) is 0 Å². The third-order valence-electron chi connectivity index (χ3n) is 3.06. The predicted molar refractivity (Wildman–Crippen MR) is 76.7 cm³/mol. The van der Waals surface area contributed by atoms with E-state index in [1.165, 1.54) is 6.42 Å². The monoisotopic (exact) mass is 313 g/mol. The molecule has 4 nitrogen and oxygen atoms in total. The molecule has 5 heteroatoms. The molecule has 1 fully saturated rings. The third kappa shape index (κ3) is 3.34. The molecule has 1 aromatic heterocycles. The second-order valence-corrected chi connectivity index (χ2v) is 5.40. The minimum atomic E-state index is 0.696. The van der Waals surface area contributed by atoms with Gasteiger partial charge in [0.2, 0.25) is 11.8 Å². The van der Waals surface area contributed by atoms with Gasteiger partial charge in [-0.2, -0.15) is 4.98 Å². The fourth-order valence-corrected chi connectivity index (χ4v) is 2.62. The SMILES string of the molecule is CCCOc1cc(C)nc(N2CCC(CBr)C2)n1. The van der Waals surface area contributed by atoms with Crippen molar-refractivity contribution in [2.45, 2.75) is 26.7 Å². The first-order valence-corrected chi connectivity index (χ1v) is 7.64. The maximum absolute atomic E-state index is 5.60. The van der Waals surface area contributed by atoms with Gasteiger partial charge in [0.15, 0.2) is 0 Å². The van der Waals surface area contributed by atoms with Crippen LogP contribution in [0.25, 0.3) is 0 Å². The van der Waals surface area contributed by atoms with Gasteiger partial charge in [0.25, 0.3) is 0 Å². The van der Waals surface area contributed by atoms with Gasteiger partial charge in [-0.1, -0.05) is 22.9 Å². The molecule has 100 valence electrons. The van der Waals surface area contributed by atoms with Gasteiger partial charge < -0.3 is 9.64 Å². The Morgan fingerprint density at radius 2 is 2.33 bits per heavy atom. The summed E-state index contributed by atoms with van der Waals surface area (Å²) in [7, 11) is 0. The van der Waals surface area contributed by atoms with Gasteiger partial charge >= 0.3 is 0 Å². The van der Waals surface area contributed by atoms with Crippen LogP contribution in [0, 0.1) is 12.8 Å². The van der Waals surface area contributed by atoms with E-state index in [1.54, 1.807) is 0 Å². The Morgan fingerprint density at radius 3 is 3.00 bits per heavy atom. The van der Waals surface area contributed by atoms with Crippen LogP contribution in [0.2, 0.25) is 0 Å². The highest BCUT2D eigenvalue weighted by atomic mass is 79.9. The Bertz CT molecular complexity index is 400. The second kappa shape index (κ2) is 6.36. The van der Waals surface area contributed by atoms with E-state index in [1.807, 2.05) is 13.0 Å². The van der Waals surface area contributed by atoms with Crippen LogP contribution in [0.1, 0.15) is 25.5 Å². The zero-order valence-corrected chi connectivity index (χ0v) is 12.6. The van der Waals surface area contributed by atoms with E-state index in [0.29, 0.717) is 18.4 Å². The number of nitrogens with zero attached hydrogens (tertiary/aromatic N) is 3. The van der Waals surface area contributed by atoms with Crippen LogP contribution in [0.3, 0.4) is 0 Å². The minimum Gasteiger partial charge on any atom is -0.478 e. The predicted octanol–water partition coefficient (Wildman–Crippen LogP) is 2.80. The van der Waals surface area contributed by atoms with Crippen LogP contribution in [-0.2, 0) is 0 Å². The van der Waals surface area contributed by atoms with Gasteiger partial charge in [-0.25, -0.2) is 4.98 Å². The number of hydrogen-bond acceptors (Lipinski definition) is 4. The van der Waals surface area contributed by atoms with Crippen molar-refractivity contribution < 1.29 is 4.74 Å². The van der Waals surface area contributed by atoms with Crippen LogP contribution < -0.4 is 9.64 Å². The first kappa shape index (κ1) is 13.6. The summed E-state index contributed by atoms with van der Waals surface area (Å²) < 4.78 is 5.60. The van der Waals surface area contributed by atoms with Crippen molar-refractivity contribution >= 4 is 21.9 Å². The van der Waals surface area contributed by atoms with Gasteiger partial charge in [-0.15, -0.1) is 0 Å². The van der Waals surface area contributed by atoms with Gasteiger partial charge in [0, 0.05) is 30.2 Å². The van der Waals surface area contributed by atoms with E-state index in [9.17, 15) is 0 Å². The van der Waals surface area contributed by atoms with Crippen molar-refractivity contribution in [3.63, 3.8) is 0 Å². The largest absolute Gasteiger partial charge is 0.478 e. The van der Waals surface area contributed by atoms with E-state index in [2.05, 4.69) is 37.7 Å². The summed E-state index contributed by atoms with van der Waals surface area (Å²) in [4.78, 5) is 11.3. The Labute approximate surface area is 117 Å². The first-order chi connectivity index (χ1) is 8.72. The maximum Gasteiger partial charge on any atom is 0.228 e. The molecule has 0 aliphatic carbocycles. The van der Waals surface area contributed by atoms with Crippen LogP contribution in [-0.4, -0.2) is 35.0 Å². The normalized spacial score (nSPS) is 19.3. The number of rotatable bonds is 5. The molecular formula is C13H20BrN3O. The fraction of sp³-hybridized carbons (Fsp3) is 0.692. The highest BCUT2D eigenvalue weighted by Crippen LogP contribution is 2.24. The number of halogens is 1. The molecule has 2 rings (SSSR count). The number of hydrogen-bond donors (Lipinski definition) is 0. The van der Waals surface area contributed by atoms with E-state index >= 15 is 0 Å². The summed E-state index contributed by atoms with van der Waals surface area (Å²) >= 11 is 3.55. The lowest BCUT2D eigenvalue weighted by Crippen LogP contribution is -2.23. The Morgan fingerprint density at radius 1 is 1.50 bits per heavy atom. The van der Waals surface area contributed by atoms with Crippen molar-refractivity contribution in [3.8, 4) is 5.88 Å². The van der Waals surface area contributed by atoms with Crippen molar-refractivity contribution in [1.82, 2.24) is 9.97 Å². The van der Waals surface area contributed by atoms with Gasteiger partial charge in [-0.05, 0) is 25.7 Å². The molecule has 1 unspecified atom stereocenters. The number of anilines is 1. The molecule has 18 heavy (non-hydrogen) atoms. The molecule has 1 saturated heterocycles. The summed E-state index contributed by atoms with van der Waals surface area (Å²) in [6, 6.07) is 1.90. The van der Waals surface area contributed by atoms with E-state index in [4.69, 9.17) is 4.74 Å². The lowest BCUT2D eigenvalue weighted by atomic mass is 10.2. The number of alkyl halides is 1. The highest BCUT2D eigenvalue weighted by molar-refractivity contribution is 9.09. The molecule has 2 heterocycles. The summed E-state index contributed by atoms with van der Waals surface area (Å²) in [5.41, 5.74) is 0.966. The molecule has 0 aromatic carbocycles. The molecule has 0 amide bonds. The maximum atomic E-state index is 5.60. The molecule has 0 radical (unpaired) electrons. The molecular weight excluding hydrogens is 294 g/mol. The van der Waals surface area contributed by atoms with Crippen molar-refractivity contribution in [3.05, 3.63) is 11.8 Å². The van der Waals surface area contributed by atoms with Crippen molar-refractivity contribution in [2.24, 2.45) is 5.92 Å².